The fourth-order valence-corrected chi connectivity index (χ4v) is 1.92. The Morgan fingerprint density at radius 2 is 2.29 bits per heavy atom. The van der Waals surface area contributed by atoms with Crippen LogP contribution in [0, 0.1) is 0 Å². The number of hydrogen-bond donors (Lipinski definition) is 2. The van der Waals surface area contributed by atoms with Crippen LogP contribution in [0.5, 0.6) is 0 Å². The Hall–Kier alpha value is -2.57. The summed E-state index contributed by atoms with van der Waals surface area (Å²) in [6, 6.07) is 5.08. The lowest BCUT2D eigenvalue weighted by Crippen LogP contribution is -2.35. The van der Waals surface area contributed by atoms with Crippen molar-refractivity contribution in [3.8, 4) is 0 Å². The van der Waals surface area contributed by atoms with Crippen LogP contribution in [-0.4, -0.2) is 32.8 Å². The highest BCUT2D eigenvalue weighted by atomic mass is 16.4. The number of rotatable bonds is 7. The second-order valence-corrected chi connectivity index (χ2v) is 4.79. The number of furan rings is 1. The fraction of sp³-hybridized carbons (Fsp3) is 0.357. The highest BCUT2D eigenvalue weighted by molar-refractivity contribution is 5.85. The van der Waals surface area contributed by atoms with Crippen molar-refractivity contribution in [2.24, 2.45) is 0 Å². The summed E-state index contributed by atoms with van der Waals surface area (Å²) in [4.78, 5) is 22.5. The van der Waals surface area contributed by atoms with Gasteiger partial charge in [-0.3, -0.25) is 9.48 Å². The first-order valence-electron chi connectivity index (χ1n) is 6.63. The third-order valence-electron chi connectivity index (χ3n) is 2.98. The van der Waals surface area contributed by atoms with E-state index in [0.717, 1.165) is 18.6 Å². The first kappa shape index (κ1) is 14.8. The Kier molecular flexibility index (Phi) is 4.76. The first-order chi connectivity index (χ1) is 10.0. The highest BCUT2D eigenvalue weighted by Gasteiger charge is 2.11. The van der Waals surface area contributed by atoms with Crippen LogP contribution < -0.4 is 5.32 Å². The van der Waals surface area contributed by atoms with E-state index < -0.39 is 5.97 Å². The molecule has 0 saturated carbocycles. The second kappa shape index (κ2) is 6.74. The Balaban J connectivity index is 1.76. The Labute approximate surface area is 121 Å². The molecular formula is C14H17N3O4. The van der Waals surface area contributed by atoms with E-state index in [2.05, 4.69) is 10.4 Å². The minimum atomic E-state index is -1.11. The van der Waals surface area contributed by atoms with Crippen molar-refractivity contribution in [1.82, 2.24) is 15.1 Å². The van der Waals surface area contributed by atoms with Crippen LogP contribution in [0.15, 0.2) is 35.1 Å². The van der Waals surface area contributed by atoms with Gasteiger partial charge in [0.2, 0.25) is 5.91 Å². The smallest absolute Gasteiger partial charge is 0.356 e. The lowest BCUT2D eigenvalue weighted by Gasteiger charge is -2.13. The molecule has 112 valence electrons. The average molecular weight is 291 g/mol. The Morgan fingerprint density at radius 3 is 2.90 bits per heavy atom. The largest absolute Gasteiger partial charge is 0.476 e. The molecule has 0 aliphatic rings. The number of nitrogens with zero attached hydrogens (tertiary/aromatic N) is 2. The zero-order chi connectivity index (χ0) is 15.2. The molecular weight excluding hydrogens is 274 g/mol. The molecule has 1 amide bonds. The number of amides is 1. The molecule has 7 nitrogen and oxygen atoms in total. The lowest BCUT2D eigenvalue weighted by molar-refractivity contribution is -0.122. The van der Waals surface area contributed by atoms with E-state index >= 15 is 0 Å². The molecule has 0 fully saturated rings. The summed E-state index contributed by atoms with van der Waals surface area (Å²) in [5, 5.41) is 15.4. The Bertz CT molecular complexity index is 604. The number of carboxylic acid groups (broad SMARTS) is 1. The highest BCUT2D eigenvalue weighted by Crippen LogP contribution is 2.05. The first-order valence-corrected chi connectivity index (χ1v) is 6.63. The summed E-state index contributed by atoms with van der Waals surface area (Å²) < 4.78 is 6.53. The summed E-state index contributed by atoms with van der Waals surface area (Å²) in [6.07, 6.45) is 4.60. The molecule has 1 atom stereocenters. The van der Waals surface area contributed by atoms with Gasteiger partial charge in [-0.15, -0.1) is 0 Å². The minimum Gasteiger partial charge on any atom is -0.476 e. The monoisotopic (exact) mass is 291 g/mol. The molecule has 0 aliphatic carbocycles. The van der Waals surface area contributed by atoms with Gasteiger partial charge in [-0.25, -0.2) is 4.79 Å². The normalized spacial score (nSPS) is 12.0. The van der Waals surface area contributed by atoms with E-state index in [9.17, 15) is 9.59 Å². The molecule has 2 aromatic heterocycles. The third kappa shape index (κ3) is 4.48. The van der Waals surface area contributed by atoms with Gasteiger partial charge in [0.15, 0.2) is 5.69 Å². The number of carboxylic acids is 1. The van der Waals surface area contributed by atoms with Gasteiger partial charge in [0.25, 0.3) is 0 Å². The van der Waals surface area contributed by atoms with Gasteiger partial charge in [-0.05, 0) is 31.5 Å². The summed E-state index contributed by atoms with van der Waals surface area (Å²) in [5.74, 6) is -0.433. The van der Waals surface area contributed by atoms with Crippen LogP contribution >= 0.6 is 0 Å². The van der Waals surface area contributed by atoms with Gasteiger partial charge in [0.05, 0.1) is 6.26 Å². The van der Waals surface area contributed by atoms with Gasteiger partial charge < -0.3 is 14.8 Å². The number of carbonyl (C=O) groups is 2. The van der Waals surface area contributed by atoms with Crippen molar-refractivity contribution in [3.05, 3.63) is 42.1 Å². The summed E-state index contributed by atoms with van der Waals surface area (Å²) in [5.41, 5.74) is -0.0753. The minimum absolute atomic E-state index is 0.00162. The van der Waals surface area contributed by atoms with Crippen molar-refractivity contribution in [1.29, 1.82) is 0 Å². The summed E-state index contributed by atoms with van der Waals surface area (Å²) in [6.45, 7) is 1.91. The number of aryl methyl sites for hydroxylation is 1. The molecule has 0 spiro atoms. The zero-order valence-corrected chi connectivity index (χ0v) is 11.7. The second-order valence-electron chi connectivity index (χ2n) is 4.79. The maximum atomic E-state index is 11.8. The van der Waals surface area contributed by atoms with Crippen molar-refractivity contribution in [2.45, 2.75) is 32.4 Å². The van der Waals surface area contributed by atoms with Crippen molar-refractivity contribution in [2.75, 3.05) is 0 Å². The standard InChI is InChI=1S/C14H17N3O4/c1-10(4-5-11-3-2-8-21-11)15-13(18)9-17-7-6-12(16-17)14(19)20/h2-3,6-8,10H,4-5,9H2,1H3,(H,15,18)(H,19,20). The van der Waals surface area contributed by atoms with Gasteiger partial charge >= 0.3 is 5.97 Å². The molecule has 0 saturated heterocycles. The van der Waals surface area contributed by atoms with E-state index in [4.69, 9.17) is 9.52 Å². The van der Waals surface area contributed by atoms with E-state index in [1.165, 1.54) is 16.9 Å². The lowest BCUT2D eigenvalue weighted by atomic mass is 10.1. The fourth-order valence-electron chi connectivity index (χ4n) is 1.92. The number of aromatic nitrogens is 2. The number of nitrogens with one attached hydrogen (secondary N) is 1. The zero-order valence-electron chi connectivity index (χ0n) is 11.7. The summed E-state index contributed by atoms with van der Waals surface area (Å²) >= 11 is 0. The quantitative estimate of drug-likeness (QED) is 0.801. The van der Waals surface area contributed by atoms with Crippen molar-refractivity contribution >= 4 is 11.9 Å². The molecule has 2 heterocycles. The van der Waals surface area contributed by atoms with Crippen LogP contribution in [0.1, 0.15) is 29.6 Å². The van der Waals surface area contributed by atoms with Gasteiger partial charge in [0.1, 0.15) is 12.3 Å². The van der Waals surface area contributed by atoms with Crippen LogP contribution in [0.3, 0.4) is 0 Å². The van der Waals surface area contributed by atoms with Crippen LogP contribution in [0.4, 0.5) is 0 Å². The van der Waals surface area contributed by atoms with E-state index in [-0.39, 0.29) is 24.2 Å². The number of aromatic carboxylic acids is 1. The molecule has 2 rings (SSSR count). The van der Waals surface area contributed by atoms with Gasteiger partial charge in [-0.1, -0.05) is 0 Å². The van der Waals surface area contributed by atoms with Gasteiger partial charge in [-0.2, -0.15) is 5.10 Å². The Morgan fingerprint density at radius 1 is 1.48 bits per heavy atom. The molecule has 1 unspecified atom stereocenters. The van der Waals surface area contributed by atoms with Crippen molar-refractivity contribution in [3.63, 3.8) is 0 Å². The molecule has 21 heavy (non-hydrogen) atoms. The average Bonchev–Trinajstić information content (AvgIpc) is 3.06. The predicted octanol–water partition coefficient (Wildman–Crippen LogP) is 1.31. The number of carbonyl (C=O) groups excluding carboxylic acids is 1. The predicted molar refractivity (Wildman–Crippen MR) is 73.8 cm³/mol. The molecule has 0 aromatic carbocycles. The molecule has 2 N–H and O–H groups in total. The van der Waals surface area contributed by atoms with E-state index in [1.807, 2.05) is 19.1 Å². The van der Waals surface area contributed by atoms with Crippen LogP contribution in [-0.2, 0) is 17.8 Å². The maximum Gasteiger partial charge on any atom is 0.356 e. The molecule has 7 heteroatoms. The molecule has 2 aromatic rings. The SMILES string of the molecule is CC(CCc1ccco1)NC(=O)Cn1ccc(C(=O)O)n1. The maximum absolute atomic E-state index is 11.8. The molecule has 0 bridgehead atoms. The third-order valence-corrected chi connectivity index (χ3v) is 2.98. The van der Waals surface area contributed by atoms with Crippen molar-refractivity contribution < 1.29 is 19.1 Å². The van der Waals surface area contributed by atoms with E-state index in [0.29, 0.717) is 0 Å². The molecule has 0 radical (unpaired) electrons. The van der Waals surface area contributed by atoms with Crippen LogP contribution in [0.2, 0.25) is 0 Å². The molecule has 0 aliphatic heterocycles. The van der Waals surface area contributed by atoms with Crippen LogP contribution in [0.25, 0.3) is 0 Å². The summed E-state index contributed by atoms with van der Waals surface area (Å²) in [7, 11) is 0. The number of hydrogen-bond acceptors (Lipinski definition) is 4. The van der Waals surface area contributed by atoms with Gasteiger partial charge in [0, 0.05) is 18.7 Å². The topological polar surface area (TPSA) is 97.4 Å². The van der Waals surface area contributed by atoms with E-state index in [1.54, 1.807) is 6.26 Å².